The van der Waals surface area contributed by atoms with Crippen LogP contribution in [-0.4, -0.2) is 17.1 Å². The third-order valence-electron chi connectivity index (χ3n) is 5.02. The number of esters is 1. The number of aromatic nitrogens is 1. The molecule has 1 aromatic heterocycles. The lowest BCUT2D eigenvalue weighted by atomic mass is 10.0. The van der Waals surface area contributed by atoms with E-state index in [1.54, 1.807) is 30.6 Å². The van der Waals surface area contributed by atoms with Crippen LogP contribution in [-0.2, 0) is 9.53 Å². The van der Waals surface area contributed by atoms with Gasteiger partial charge in [0.1, 0.15) is 0 Å². The molecule has 0 saturated heterocycles. The fraction of sp³-hybridized carbons (Fsp3) is 0.160. The van der Waals surface area contributed by atoms with E-state index in [-0.39, 0.29) is 12.2 Å². The van der Waals surface area contributed by atoms with Gasteiger partial charge in [-0.1, -0.05) is 83.6 Å². The number of halogens is 1. The first kappa shape index (κ1) is 22.0. The summed E-state index contributed by atoms with van der Waals surface area (Å²) in [6, 6.07) is 16.4. The van der Waals surface area contributed by atoms with Crippen molar-refractivity contribution in [2.75, 3.05) is 6.61 Å². The minimum atomic E-state index is -0.626. The minimum absolute atomic E-state index is 0.231. The number of hydrogen-bond donors (Lipinski definition) is 0. The van der Waals surface area contributed by atoms with Crippen LogP contribution in [0.25, 0.3) is 12.2 Å². The maximum atomic E-state index is 13.4. The minimum Gasteiger partial charge on any atom is -0.463 e. The summed E-state index contributed by atoms with van der Waals surface area (Å²) in [6.45, 7) is 3.75. The molecule has 1 atom stereocenters. The number of allylic oxidation sites excluding steroid dienone is 2. The van der Waals surface area contributed by atoms with Crippen LogP contribution in [0, 0.1) is 0 Å². The number of nitrogens with zero attached hydrogens (tertiary/aromatic N) is 2. The van der Waals surface area contributed by atoms with Gasteiger partial charge in [-0.15, -0.1) is 0 Å². The van der Waals surface area contributed by atoms with Gasteiger partial charge >= 0.3 is 5.97 Å². The van der Waals surface area contributed by atoms with E-state index < -0.39 is 12.0 Å². The van der Waals surface area contributed by atoms with Crippen molar-refractivity contribution in [2.45, 2.75) is 19.9 Å². The SMILES string of the molecule is CCOC(=O)C1=C(C)N=c2sc(=Cc3ccccc3Cl)c(=O)n2C1C=Cc1ccccc1. The average molecular weight is 465 g/mol. The highest BCUT2D eigenvalue weighted by atomic mass is 35.5. The Bertz CT molecular complexity index is 1400. The molecule has 2 heterocycles. The molecule has 0 amide bonds. The Kier molecular flexibility index (Phi) is 6.53. The normalized spacial score (nSPS) is 16.2. The van der Waals surface area contributed by atoms with Gasteiger partial charge in [0, 0.05) is 5.02 Å². The molecule has 1 aliphatic rings. The molecule has 0 bridgehead atoms. The van der Waals surface area contributed by atoms with Crippen LogP contribution in [0.5, 0.6) is 0 Å². The monoisotopic (exact) mass is 464 g/mol. The highest BCUT2D eigenvalue weighted by molar-refractivity contribution is 7.07. The number of carbonyl (C=O) groups is 1. The average Bonchev–Trinajstić information content (AvgIpc) is 3.09. The smallest absolute Gasteiger partial charge is 0.338 e. The Balaban J connectivity index is 1.89. The molecule has 0 aliphatic carbocycles. The number of rotatable bonds is 5. The number of benzene rings is 2. The van der Waals surface area contributed by atoms with Crippen molar-refractivity contribution in [3.63, 3.8) is 0 Å². The lowest BCUT2D eigenvalue weighted by molar-refractivity contribution is -0.139. The summed E-state index contributed by atoms with van der Waals surface area (Å²) in [5, 5.41) is 0.558. The van der Waals surface area contributed by atoms with E-state index in [1.165, 1.54) is 11.3 Å². The van der Waals surface area contributed by atoms with E-state index >= 15 is 0 Å². The molecule has 0 N–H and O–H groups in total. The number of fused-ring (bicyclic) bond motifs is 1. The first-order valence-electron chi connectivity index (χ1n) is 10.2. The van der Waals surface area contributed by atoms with Crippen LogP contribution in [0.3, 0.4) is 0 Å². The van der Waals surface area contributed by atoms with Gasteiger partial charge in [-0.05, 0) is 37.1 Å². The van der Waals surface area contributed by atoms with Gasteiger partial charge in [-0.25, -0.2) is 9.79 Å². The highest BCUT2D eigenvalue weighted by Gasteiger charge is 2.30. The molecule has 0 fully saturated rings. The maximum Gasteiger partial charge on any atom is 0.338 e. The zero-order valence-electron chi connectivity index (χ0n) is 17.6. The predicted molar refractivity (Wildman–Crippen MR) is 128 cm³/mol. The largest absolute Gasteiger partial charge is 0.463 e. The Labute approximate surface area is 194 Å². The molecule has 3 aromatic rings. The van der Waals surface area contributed by atoms with Gasteiger partial charge in [0.2, 0.25) is 0 Å². The van der Waals surface area contributed by atoms with E-state index in [9.17, 15) is 9.59 Å². The highest BCUT2D eigenvalue weighted by Crippen LogP contribution is 2.26. The summed E-state index contributed by atoms with van der Waals surface area (Å²) in [6.07, 6.45) is 5.50. The second-order valence-corrected chi connectivity index (χ2v) is 8.55. The summed E-state index contributed by atoms with van der Waals surface area (Å²) in [5.41, 5.74) is 2.37. The van der Waals surface area contributed by atoms with Crippen molar-refractivity contribution in [3.05, 3.63) is 108 Å². The van der Waals surface area contributed by atoms with E-state index in [0.29, 0.717) is 25.6 Å². The van der Waals surface area contributed by atoms with E-state index in [1.807, 2.05) is 60.7 Å². The molecule has 32 heavy (non-hydrogen) atoms. The molecule has 0 spiro atoms. The molecule has 162 valence electrons. The van der Waals surface area contributed by atoms with Crippen molar-refractivity contribution >= 4 is 41.1 Å². The third kappa shape index (κ3) is 4.38. The maximum absolute atomic E-state index is 13.4. The Morgan fingerprint density at radius 2 is 1.91 bits per heavy atom. The lowest BCUT2D eigenvalue weighted by Gasteiger charge is -2.21. The van der Waals surface area contributed by atoms with Crippen molar-refractivity contribution in [3.8, 4) is 0 Å². The van der Waals surface area contributed by atoms with Crippen LogP contribution < -0.4 is 14.9 Å². The molecule has 4 rings (SSSR count). The number of ether oxygens (including phenoxy) is 1. The molecule has 0 saturated carbocycles. The van der Waals surface area contributed by atoms with Crippen LogP contribution in [0.2, 0.25) is 5.02 Å². The van der Waals surface area contributed by atoms with Gasteiger partial charge in [0.05, 0.1) is 28.5 Å². The molecule has 7 heteroatoms. The molecular weight excluding hydrogens is 444 g/mol. The second-order valence-electron chi connectivity index (χ2n) is 7.14. The standard InChI is InChI=1S/C25H21ClN2O3S/c1-3-31-24(30)22-16(2)27-25-28(20(22)14-13-17-9-5-4-6-10-17)23(29)21(32-25)15-18-11-7-8-12-19(18)26/h4-15,20H,3H2,1-2H3. The fourth-order valence-electron chi connectivity index (χ4n) is 3.52. The molecule has 0 radical (unpaired) electrons. The number of carbonyl (C=O) groups excluding carboxylic acids is 1. The summed E-state index contributed by atoms with van der Waals surface area (Å²) >= 11 is 7.55. The van der Waals surface area contributed by atoms with Crippen molar-refractivity contribution < 1.29 is 9.53 Å². The van der Waals surface area contributed by atoms with Crippen LogP contribution in [0.1, 0.15) is 31.0 Å². The Morgan fingerprint density at radius 3 is 2.62 bits per heavy atom. The molecule has 2 aromatic carbocycles. The third-order valence-corrected chi connectivity index (χ3v) is 6.35. The topological polar surface area (TPSA) is 60.7 Å². The van der Waals surface area contributed by atoms with Crippen molar-refractivity contribution in [1.29, 1.82) is 0 Å². The lowest BCUT2D eigenvalue weighted by Crippen LogP contribution is -2.38. The Morgan fingerprint density at radius 1 is 1.19 bits per heavy atom. The van der Waals surface area contributed by atoms with Gasteiger partial charge in [0.25, 0.3) is 5.56 Å². The predicted octanol–water partition coefficient (Wildman–Crippen LogP) is 4.12. The summed E-state index contributed by atoms with van der Waals surface area (Å²) in [4.78, 5) is 31.3. The molecular formula is C25H21ClN2O3S. The summed E-state index contributed by atoms with van der Waals surface area (Å²) < 4.78 is 7.32. The van der Waals surface area contributed by atoms with E-state index in [2.05, 4.69) is 4.99 Å². The quantitative estimate of drug-likeness (QED) is 0.534. The van der Waals surface area contributed by atoms with Gasteiger partial charge in [-0.3, -0.25) is 9.36 Å². The zero-order chi connectivity index (χ0) is 22.7. The fourth-order valence-corrected chi connectivity index (χ4v) is 4.75. The summed E-state index contributed by atoms with van der Waals surface area (Å²) in [5.74, 6) is -0.475. The molecule has 5 nitrogen and oxygen atoms in total. The van der Waals surface area contributed by atoms with Crippen molar-refractivity contribution in [2.24, 2.45) is 4.99 Å². The summed E-state index contributed by atoms with van der Waals surface area (Å²) in [7, 11) is 0. The van der Waals surface area contributed by atoms with Gasteiger partial charge < -0.3 is 4.74 Å². The van der Waals surface area contributed by atoms with E-state index in [0.717, 1.165) is 11.1 Å². The van der Waals surface area contributed by atoms with E-state index in [4.69, 9.17) is 16.3 Å². The van der Waals surface area contributed by atoms with Crippen LogP contribution in [0.15, 0.2) is 81.7 Å². The van der Waals surface area contributed by atoms with Crippen LogP contribution in [0.4, 0.5) is 0 Å². The number of thiazole rings is 1. The van der Waals surface area contributed by atoms with Crippen LogP contribution >= 0.6 is 22.9 Å². The molecule has 1 aliphatic heterocycles. The number of hydrogen-bond acceptors (Lipinski definition) is 5. The first-order chi connectivity index (χ1) is 15.5. The van der Waals surface area contributed by atoms with Gasteiger partial charge in [0.15, 0.2) is 4.80 Å². The molecule has 1 unspecified atom stereocenters. The van der Waals surface area contributed by atoms with Gasteiger partial charge in [-0.2, -0.15) is 0 Å². The van der Waals surface area contributed by atoms with Crippen molar-refractivity contribution in [1.82, 2.24) is 4.57 Å². The first-order valence-corrected chi connectivity index (χ1v) is 11.4. The Hall–Kier alpha value is -3.22. The zero-order valence-corrected chi connectivity index (χ0v) is 19.2. The second kappa shape index (κ2) is 9.51.